The Bertz CT molecular complexity index is 573. The fourth-order valence-electron chi connectivity index (χ4n) is 2.53. The van der Waals surface area contributed by atoms with Crippen LogP contribution in [-0.2, 0) is 4.79 Å². The Balaban J connectivity index is 0.00000264. The number of methoxy groups -OCH3 is 1. The molecule has 1 aromatic rings. The van der Waals surface area contributed by atoms with Crippen LogP contribution >= 0.6 is 12.4 Å². The number of nitrogens with one attached hydrogen (secondary N) is 1. The van der Waals surface area contributed by atoms with Crippen molar-refractivity contribution in [2.75, 3.05) is 20.3 Å². The van der Waals surface area contributed by atoms with E-state index in [4.69, 9.17) is 15.2 Å². The number of halogens is 1. The molecule has 128 valence electrons. The summed E-state index contributed by atoms with van der Waals surface area (Å²) < 4.78 is 11.0. The Labute approximate surface area is 143 Å². The Kier molecular flexibility index (Phi) is 7.39. The second-order valence-electron chi connectivity index (χ2n) is 5.87. The largest absolute Gasteiger partial charge is 0.493 e. The van der Waals surface area contributed by atoms with Gasteiger partial charge in [-0.1, -0.05) is 26.0 Å². The van der Waals surface area contributed by atoms with E-state index in [0.29, 0.717) is 29.5 Å². The van der Waals surface area contributed by atoms with Gasteiger partial charge in [0.05, 0.1) is 12.7 Å². The van der Waals surface area contributed by atoms with E-state index in [1.165, 1.54) is 0 Å². The molecule has 3 N–H and O–H groups in total. The molecule has 23 heavy (non-hydrogen) atoms. The topological polar surface area (TPSA) is 73.6 Å². The van der Waals surface area contributed by atoms with E-state index in [1.54, 1.807) is 7.11 Å². The fourth-order valence-corrected chi connectivity index (χ4v) is 2.53. The highest BCUT2D eigenvalue weighted by atomic mass is 35.5. The van der Waals surface area contributed by atoms with Crippen molar-refractivity contribution in [2.24, 2.45) is 11.7 Å². The molecule has 0 aromatic heterocycles. The van der Waals surface area contributed by atoms with E-state index < -0.39 is 0 Å². The maximum absolute atomic E-state index is 12.4. The van der Waals surface area contributed by atoms with Gasteiger partial charge in [0.25, 0.3) is 5.91 Å². The number of nitrogens with two attached hydrogens (primary N) is 1. The molecule has 1 aliphatic rings. The summed E-state index contributed by atoms with van der Waals surface area (Å²) in [7, 11) is 1.60. The van der Waals surface area contributed by atoms with Gasteiger partial charge in [-0.25, -0.2) is 0 Å². The number of fused-ring (bicyclic) bond motifs is 1. The summed E-state index contributed by atoms with van der Waals surface area (Å²) in [6, 6.07) is 5.60. The van der Waals surface area contributed by atoms with E-state index >= 15 is 0 Å². The highest BCUT2D eigenvalue weighted by Gasteiger charge is 2.21. The molecule has 5 nitrogen and oxygen atoms in total. The second kappa shape index (κ2) is 8.79. The summed E-state index contributed by atoms with van der Waals surface area (Å²) in [5, 5.41) is 2.98. The number of rotatable bonds is 6. The van der Waals surface area contributed by atoms with Gasteiger partial charge in [-0.3, -0.25) is 4.79 Å². The normalized spacial score (nSPS) is 14.0. The lowest BCUT2D eigenvalue weighted by Gasteiger charge is -2.23. The molecule has 1 atom stereocenters. The van der Waals surface area contributed by atoms with Crippen LogP contribution < -0.4 is 20.5 Å². The van der Waals surface area contributed by atoms with Gasteiger partial charge < -0.3 is 20.5 Å². The number of ether oxygens (including phenoxy) is 2. The minimum atomic E-state index is -0.121. The van der Waals surface area contributed by atoms with Crippen molar-refractivity contribution in [3.8, 4) is 11.5 Å². The van der Waals surface area contributed by atoms with E-state index in [9.17, 15) is 4.79 Å². The van der Waals surface area contributed by atoms with Crippen molar-refractivity contribution < 1.29 is 14.3 Å². The molecule has 0 saturated heterocycles. The number of carbonyl (C=O) groups is 1. The summed E-state index contributed by atoms with van der Waals surface area (Å²) in [6.45, 7) is 4.89. The fraction of sp³-hybridized carbons (Fsp3) is 0.471. The predicted octanol–water partition coefficient (Wildman–Crippen LogP) is 2.38. The Morgan fingerprint density at radius 3 is 2.78 bits per heavy atom. The maximum atomic E-state index is 12.4. The summed E-state index contributed by atoms with van der Waals surface area (Å²) in [5.41, 5.74) is 7.18. The first kappa shape index (κ1) is 19.3. The molecular formula is C17H25ClN2O3. The maximum Gasteiger partial charge on any atom is 0.250 e. The zero-order valence-corrected chi connectivity index (χ0v) is 14.6. The molecule has 1 aliphatic heterocycles. The zero-order valence-electron chi connectivity index (χ0n) is 13.8. The lowest BCUT2D eigenvalue weighted by molar-refractivity contribution is -0.118. The molecule has 0 radical (unpaired) electrons. The average Bonchev–Trinajstić information content (AvgIpc) is 2.52. The molecular weight excluding hydrogens is 316 g/mol. The number of benzene rings is 1. The van der Waals surface area contributed by atoms with E-state index in [-0.39, 0.29) is 31.0 Å². The summed E-state index contributed by atoms with van der Waals surface area (Å²) in [6.07, 6.45) is 2.71. The number of para-hydroxylation sites is 1. The molecule has 0 bridgehead atoms. The molecule has 1 amide bonds. The van der Waals surface area contributed by atoms with Gasteiger partial charge in [0.15, 0.2) is 11.5 Å². The minimum Gasteiger partial charge on any atom is -0.493 e. The molecule has 0 aliphatic carbocycles. The van der Waals surface area contributed by atoms with Crippen molar-refractivity contribution in [3.63, 3.8) is 0 Å². The third-order valence-electron chi connectivity index (χ3n) is 3.60. The summed E-state index contributed by atoms with van der Waals surface area (Å²) in [5.74, 6) is 1.71. The first-order valence-corrected chi connectivity index (χ1v) is 7.56. The quantitative estimate of drug-likeness (QED) is 0.834. The van der Waals surface area contributed by atoms with Crippen LogP contribution in [0.25, 0.3) is 6.08 Å². The van der Waals surface area contributed by atoms with Crippen LogP contribution in [0.4, 0.5) is 0 Å². The Morgan fingerprint density at radius 1 is 1.43 bits per heavy atom. The van der Waals surface area contributed by atoms with Crippen LogP contribution in [0.5, 0.6) is 11.5 Å². The van der Waals surface area contributed by atoms with Crippen molar-refractivity contribution in [1.29, 1.82) is 0 Å². The monoisotopic (exact) mass is 340 g/mol. The van der Waals surface area contributed by atoms with E-state index in [1.807, 2.05) is 24.3 Å². The van der Waals surface area contributed by atoms with Gasteiger partial charge in [-0.2, -0.15) is 0 Å². The van der Waals surface area contributed by atoms with Crippen molar-refractivity contribution >= 4 is 24.4 Å². The van der Waals surface area contributed by atoms with Crippen molar-refractivity contribution in [3.05, 3.63) is 29.3 Å². The molecule has 6 heteroatoms. The van der Waals surface area contributed by atoms with Gasteiger partial charge in [0.2, 0.25) is 0 Å². The highest BCUT2D eigenvalue weighted by molar-refractivity contribution is 5.99. The lowest BCUT2D eigenvalue weighted by Crippen LogP contribution is -2.42. The molecule has 2 rings (SSSR count). The van der Waals surface area contributed by atoms with Gasteiger partial charge in [0.1, 0.15) is 6.61 Å². The molecule has 1 heterocycles. The third-order valence-corrected chi connectivity index (χ3v) is 3.60. The second-order valence-corrected chi connectivity index (χ2v) is 5.87. The third kappa shape index (κ3) is 4.88. The Morgan fingerprint density at radius 2 is 2.17 bits per heavy atom. The molecule has 1 unspecified atom stereocenters. The predicted molar refractivity (Wildman–Crippen MR) is 94.2 cm³/mol. The lowest BCUT2D eigenvalue weighted by atomic mass is 10.0. The van der Waals surface area contributed by atoms with E-state index in [2.05, 4.69) is 19.2 Å². The average molecular weight is 341 g/mol. The van der Waals surface area contributed by atoms with Crippen molar-refractivity contribution in [1.82, 2.24) is 5.32 Å². The smallest absolute Gasteiger partial charge is 0.250 e. The minimum absolute atomic E-state index is 0. The molecule has 0 fully saturated rings. The van der Waals surface area contributed by atoms with Crippen LogP contribution in [0.3, 0.4) is 0 Å². The van der Waals surface area contributed by atoms with Crippen LogP contribution in [0.2, 0.25) is 0 Å². The molecule has 0 spiro atoms. The van der Waals surface area contributed by atoms with E-state index in [0.717, 1.165) is 12.0 Å². The van der Waals surface area contributed by atoms with Crippen molar-refractivity contribution in [2.45, 2.75) is 26.3 Å². The number of amides is 1. The summed E-state index contributed by atoms with van der Waals surface area (Å²) in [4.78, 5) is 12.4. The standard InChI is InChI=1S/C17H24N2O3.ClH/c1-11(2)7-14(9-18)19-17(20)13-8-12-5-4-6-15(21-3)16(12)22-10-13;/h4-6,8,11,14H,7,9-10,18H2,1-3H3,(H,19,20);1H. The first-order chi connectivity index (χ1) is 10.5. The van der Waals surface area contributed by atoms with Gasteiger partial charge in [-0.15, -0.1) is 12.4 Å². The van der Waals surface area contributed by atoms with Crippen LogP contribution in [-0.4, -0.2) is 32.2 Å². The van der Waals surface area contributed by atoms with Gasteiger partial charge in [-0.05, 0) is 24.5 Å². The number of carbonyl (C=O) groups excluding carboxylic acids is 1. The van der Waals surface area contributed by atoms with Gasteiger partial charge in [0, 0.05) is 18.2 Å². The van der Waals surface area contributed by atoms with Crippen LogP contribution in [0.15, 0.2) is 23.8 Å². The number of hydrogen-bond acceptors (Lipinski definition) is 4. The SMILES string of the molecule is COc1cccc2c1OCC(C(=O)NC(CN)CC(C)C)=C2.Cl. The summed E-state index contributed by atoms with van der Waals surface area (Å²) >= 11 is 0. The Hall–Kier alpha value is -1.72. The zero-order chi connectivity index (χ0) is 16.1. The number of hydrogen-bond donors (Lipinski definition) is 2. The van der Waals surface area contributed by atoms with Crippen LogP contribution in [0, 0.1) is 5.92 Å². The highest BCUT2D eigenvalue weighted by Crippen LogP contribution is 2.35. The molecule has 1 aromatic carbocycles. The van der Waals surface area contributed by atoms with Crippen LogP contribution in [0.1, 0.15) is 25.8 Å². The molecule has 0 saturated carbocycles. The first-order valence-electron chi connectivity index (χ1n) is 7.56. The van der Waals surface area contributed by atoms with Gasteiger partial charge >= 0.3 is 0 Å².